The first-order valence-electron chi connectivity index (χ1n) is 10.4. The number of methoxy groups -OCH3 is 2. The van der Waals surface area contributed by atoms with Crippen LogP contribution in [0.5, 0.6) is 0 Å². The van der Waals surface area contributed by atoms with Crippen molar-refractivity contribution in [1.29, 1.82) is 0 Å². The van der Waals surface area contributed by atoms with Gasteiger partial charge in [0.2, 0.25) is 0 Å². The van der Waals surface area contributed by atoms with Crippen LogP contribution in [0.3, 0.4) is 0 Å². The van der Waals surface area contributed by atoms with E-state index in [1.165, 1.54) is 0 Å². The van der Waals surface area contributed by atoms with Gasteiger partial charge in [-0.15, -0.1) is 0 Å². The quantitative estimate of drug-likeness (QED) is 0.421. The van der Waals surface area contributed by atoms with Crippen LogP contribution in [-0.2, 0) is 18.9 Å². The molecule has 2 aliphatic rings. The third-order valence-corrected chi connectivity index (χ3v) is 6.50. The Morgan fingerprint density at radius 2 is 1.57 bits per heavy atom. The summed E-state index contributed by atoms with van der Waals surface area (Å²) in [4.78, 5) is 24.1. The highest BCUT2D eigenvalue weighted by atomic mass is 16.6. The number of ether oxygens (including phenoxy) is 4. The molecule has 2 heterocycles. The summed E-state index contributed by atoms with van der Waals surface area (Å²) in [5.74, 6) is 0.247. The van der Waals surface area contributed by atoms with Crippen molar-refractivity contribution in [1.82, 2.24) is 0 Å². The highest BCUT2D eigenvalue weighted by Gasteiger charge is 2.40. The summed E-state index contributed by atoms with van der Waals surface area (Å²) in [5, 5.41) is 6.19. The molecule has 0 saturated carbocycles. The number of rotatable bonds is 10. The van der Waals surface area contributed by atoms with E-state index >= 15 is 0 Å². The van der Waals surface area contributed by atoms with E-state index < -0.39 is 10.9 Å². The second kappa shape index (κ2) is 9.85. The zero-order valence-corrected chi connectivity index (χ0v) is 18.1. The molecule has 0 amide bonds. The largest absolute Gasteiger partial charge is 0.382 e. The molecule has 2 aliphatic heterocycles. The molecular weight excluding hydrogens is 386 g/mol. The molecule has 2 unspecified atom stereocenters. The average molecular weight is 424 g/mol. The summed E-state index contributed by atoms with van der Waals surface area (Å²) < 4.78 is 22.2. The summed E-state index contributed by atoms with van der Waals surface area (Å²) >= 11 is 0. The van der Waals surface area contributed by atoms with Crippen LogP contribution in [0, 0.1) is 17.8 Å². The molecule has 0 aliphatic carbocycles. The van der Waals surface area contributed by atoms with Crippen molar-refractivity contribution in [3.8, 4) is 0 Å². The van der Waals surface area contributed by atoms with Crippen molar-refractivity contribution in [3.05, 3.63) is 20.4 Å². The molecule has 3 rings (SSSR count). The van der Waals surface area contributed by atoms with Crippen molar-refractivity contribution in [2.45, 2.75) is 50.6 Å². The van der Waals surface area contributed by atoms with Crippen LogP contribution in [0.4, 0.5) is 11.4 Å². The molecule has 2 N–H and O–H groups in total. The van der Waals surface area contributed by atoms with Gasteiger partial charge in [-0.25, -0.2) is 0 Å². The first-order chi connectivity index (χ1) is 14.3. The first kappa shape index (κ1) is 23.3. The maximum Gasteiger partial charge on any atom is 0.253 e. The number of anilines is 2. The van der Waals surface area contributed by atoms with Crippen LogP contribution in [-0.4, -0.2) is 79.9 Å². The molecule has 1 aromatic carbocycles. The lowest BCUT2D eigenvalue weighted by Gasteiger charge is -2.23. The fourth-order valence-electron chi connectivity index (χ4n) is 4.47. The van der Waals surface area contributed by atoms with Gasteiger partial charge in [0.25, 0.3) is 10.9 Å². The van der Waals surface area contributed by atoms with Crippen LogP contribution in [0.1, 0.15) is 26.0 Å². The standard InChI is InChI=1S/C20H30B2N2O6.4H2/c1-9-11(13(8-27-3)30-19(9)21)7-24-15-14(16(25)17(15)26)23-6-5-12-18(28-4)10(2)20(22)29-12;;;;/h9-13,18-20,23-24H,5-8H2,1-4H3;4*1H/t9-,10-,11?,12+,13+,18?,19+,20+;;;;/m0..../s1. The van der Waals surface area contributed by atoms with Crippen molar-refractivity contribution in [3.63, 3.8) is 0 Å². The average Bonchev–Trinajstić information content (AvgIpc) is 3.15. The fraction of sp³-hybridized carbons (Fsp3) is 0.800. The van der Waals surface area contributed by atoms with E-state index in [4.69, 9.17) is 34.6 Å². The molecule has 2 fully saturated rings. The van der Waals surface area contributed by atoms with Gasteiger partial charge in [0.15, 0.2) is 0 Å². The zero-order valence-electron chi connectivity index (χ0n) is 18.1. The Morgan fingerprint density at radius 3 is 2.20 bits per heavy atom. The second-order valence-electron chi connectivity index (χ2n) is 8.32. The summed E-state index contributed by atoms with van der Waals surface area (Å²) in [6, 6.07) is -0.749. The summed E-state index contributed by atoms with van der Waals surface area (Å²) in [7, 11) is 15.2. The van der Waals surface area contributed by atoms with Gasteiger partial charge in [-0.1, -0.05) is 13.8 Å². The number of hydrogen-bond donors (Lipinski definition) is 2. The Morgan fingerprint density at radius 1 is 0.967 bits per heavy atom. The molecule has 10 heteroatoms. The minimum atomic E-state index is -0.515. The van der Waals surface area contributed by atoms with E-state index in [0.29, 0.717) is 37.5 Å². The van der Waals surface area contributed by atoms with E-state index in [-0.39, 0.29) is 53.8 Å². The predicted octanol–water partition coefficient (Wildman–Crippen LogP) is 0.817. The predicted molar refractivity (Wildman–Crippen MR) is 125 cm³/mol. The molecule has 4 radical (unpaired) electrons. The van der Waals surface area contributed by atoms with E-state index in [1.54, 1.807) is 14.2 Å². The topological polar surface area (TPSA) is 95.1 Å². The van der Waals surface area contributed by atoms with Crippen LogP contribution in [0.2, 0.25) is 0 Å². The summed E-state index contributed by atoms with van der Waals surface area (Å²) in [5.41, 5.74) is -0.411. The van der Waals surface area contributed by atoms with Crippen LogP contribution < -0.4 is 21.5 Å². The molecule has 8 atom stereocenters. The van der Waals surface area contributed by atoms with E-state index in [2.05, 4.69) is 10.6 Å². The molecule has 0 spiro atoms. The maximum atomic E-state index is 12.1. The van der Waals surface area contributed by atoms with Crippen LogP contribution in [0.15, 0.2) is 9.59 Å². The Bertz CT molecular complexity index is 804. The van der Waals surface area contributed by atoms with E-state index in [9.17, 15) is 9.59 Å². The van der Waals surface area contributed by atoms with Gasteiger partial charge in [-0.2, -0.15) is 0 Å². The summed E-state index contributed by atoms with van der Waals surface area (Å²) in [6.07, 6.45) is 0.181. The third-order valence-electron chi connectivity index (χ3n) is 6.50. The van der Waals surface area contributed by atoms with E-state index in [0.717, 1.165) is 0 Å². The van der Waals surface area contributed by atoms with Gasteiger partial charge < -0.3 is 29.6 Å². The van der Waals surface area contributed by atoms with Gasteiger partial charge in [-0.05, 0) is 12.3 Å². The number of hydrogen-bond acceptors (Lipinski definition) is 8. The molecule has 170 valence electrons. The number of nitrogens with one attached hydrogen (secondary N) is 2. The van der Waals surface area contributed by atoms with Crippen LogP contribution >= 0.6 is 0 Å². The van der Waals surface area contributed by atoms with Gasteiger partial charge in [0.1, 0.15) is 27.1 Å². The Kier molecular flexibility index (Phi) is 7.66. The van der Waals surface area contributed by atoms with Crippen molar-refractivity contribution in [2.75, 3.05) is 44.5 Å². The Hall–Kier alpha value is -1.35. The lowest BCUT2D eigenvalue weighted by Crippen LogP contribution is -2.40. The first-order valence-corrected chi connectivity index (χ1v) is 10.4. The minimum absolute atomic E-state index is 0. The smallest absolute Gasteiger partial charge is 0.253 e. The van der Waals surface area contributed by atoms with E-state index in [1.807, 2.05) is 13.8 Å². The van der Waals surface area contributed by atoms with Gasteiger partial charge in [0, 0.05) is 56.9 Å². The molecule has 2 saturated heterocycles. The third kappa shape index (κ3) is 4.47. The fourth-order valence-corrected chi connectivity index (χ4v) is 4.47. The summed E-state index contributed by atoms with van der Waals surface area (Å²) in [6.45, 7) is 5.34. The van der Waals surface area contributed by atoms with Gasteiger partial charge in [-0.3, -0.25) is 9.59 Å². The Labute approximate surface area is 185 Å². The molecule has 30 heavy (non-hydrogen) atoms. The second-order valence-corrected chi connectivity index (χ2v) is 8.32. The lowest BCUT2D eigenvalue weighted by molar-refractivity contribution is 0.00399. The molecule has 1 aromatic rings. The SMILES string of the molecule is [B][C@@H]1O[C@H](COC)C(CNc2c(NCC[C@H]3O[C@@H]([B])[C@@H](C)C3OC)c(=O)c2=O)[C@@H]1C.[HH].[HH].[HH].[HH]. The highest BCUT2D eigenvalue weighted by molar-refractivity contribution is 6.11. The molecule has 0 aromatic heterocycles. The van der Waals surface area contributed by atoms with Crippen molar-refractivity contribution < 1.29 is 24.7 Å². The zero-order chi connectivity index (χ0) is 22.0. The molecular formula is C20H38B2N2O6. The monoisotopic (exact) mass is 424 g/mol. The minimum Gasteiger partial charge on any atom is -0.382 e. The lowest BCUT2D eigenvalue weighted by atomic mass is 9.81. The van der Waals surface area contributed by atoms with Gasteiger partial charge >= 0.3 is 0 Å². The van der Waals surface area contributed by atoms with Crippen molar-refractivity contribution in [2.24, 2.45) is 17.8 Å². The molecule has 8 nitrogen and oxygen atoms in total. The Balaban J connectivity index is 0. The normalized spacial score (nSPS) is 36.4. The highest BCUT2D eigenvalue weighted by Crippen LogP contribution is 2.32. The molecule has 0 bridgehead atoms. The van der Waals surface area contributed by atoms with Gasteiger partial charge in [0.05, 0.1) is 24.9 Å². The van der Waals surface area contributed by atoms with Crippen molar-refractivity contribution >= 4 is 27.1 Å². The maximum absolute atomic E-state index is 12.1. The van der Waals surface area contributed by atoms with Crippen LogP contribution in [0.25, 0.3) is 0 Å².